The number of amides is 2. The fourth-order valence-electron chi connectivity index (χ4n) is 1.84. The van der Waals surface area contributed by atoms with Crippen molar-refractivity contribution >= 4 is 23.2 Å². The van der Waals surface area contributed by atoms with Gasteiger partial charge in [-0.3, -0.25) is 35.3 Å². The van der Waals surface area contributed by atoms with Crippen molar-refractivity contribution in [2.24, 2.45) is 0 Å². The predicted octanol–water partition coefficient (Wildman–Crippen LogP) is 0.465. The molecule has 10 nitrogen and oxygen atoms in total. The number of aryl methyl sites for hydroxylation is 1. The molecule has 0 radical (unpaired) electrons. The van der Waals surface area contributed by atoms with Gasteiger partial charge >= 0.3 is 0 Å². The Balaban J connectivity index is 1.90. The summed E-state index contributed by atoms with van der Waals surface area (Å²) in [6.45, 7) is 1.82. The Kier molecular flexibility index (Phi) is 5.46. The number of anilines is 1. The predicted molar refractivity (Wildman–Crippen MR) is 89.0 cm³/mol. The van der Waals surface area contributed by atoms with Gasteiger partial charge in [0.1, 0.15) is 5.56 Å². The van der Waals surface area contributed by atoms with Gasteiger partial charge in [-0.2, -0.15) is 0 Å². The number of rotatable bonds is 5. The standard InChI is InChI=1S/C15H15N5O5/c1-9-2-4-10(5-3-9)16-8-13(21)18-19-15(23)12-6-11(20(24)25)7-17-14(12)22/h2-7,16H,8H2,1H3,(H,17,22)(H,18,21)(H,19,23). The highest BCUT2D eigenvalue weighted by Gasteiger charge is 2.16. The zero-order chi connectivity index (χ0) is 18.4. The van der Waals surface area contributed by atoms with Crippen molar-refractivity contribution in [3.63, 3.8) is 0 Å². The number of nitrogens with zero attached hydrogens (tertiary/aromatic N) is 1. The van der Waals surface area contributed by atoms with E-state index in [1.54, 1.807) is 12.1 Å². The summed E-state index contributed by atoms with van der Waals surface area (Å²) in [6, 6.07) is 8.16. The SMILES string of the molecule is Cc1ccc(NCC(=O)NNC(=O)c2cc([N+](=O)[O-])c[nH]c2=O)cc1. The highest BCUT2D eigenvalue weighted by molar-refractivity contribution is 5.95. The van der Waals surface area contributed by atoms with Gasteiger partial charge in [0.2, 0.25) is 0 Å². The first-order chi connectivity index (χ1) is 11.9. The first kappa shape index (κ1) is 17.7. The Morgan fingerprint density at radius 1 is 1.20 bits per heavy atom. The monoisotopic (exact) mass is 345 g/mol. The molecule has 1 aromatic carbocycles. The molecular formula is C15H15N5O5. The van der Waals surface area contributed by atoms with Crippen molar-refractivity contribution in [1.29, 1.82) is 0 Å². The maximum Gasteiger partial charge on any atom is 0.286 e. The van der Waals surface area contributed by atoms with Gasteiger partial charge in [0.15, 0.2) is 0 Å². The Bertz CT molecular complexity index is 859. The quantitative estimate of drug-likeness (QED) is 0.457. The second kappa shape index (κ2) is 7.73. The van der Waals surface area contributed by atoms with Gasteiger partial charge in [-0.05, 0) is 19.1 Å². The molecule has 0 spiro atoms. The number of carbonyl (C=O) groups excluding carboxylic acids is 2. The molecule has 1 aromatic heterocycles. The van der Waals surface area contributed by atoms with Gasteiger partial charge in [-0.15, -0.1) is 0 Å². The van der Waals surface area contributed by atoms with E-state index in [-0.39, 0.29) is 6.54 Å². The Morgan fingerprint density at radius 2 is 1.88 bits per heavy atom. The molecular weight excluding hydrogens is 330 g/mol. The van der Waals surface area contributed by atoms with Gasteiger partial charge < -0.3 is 10.3 Å². The molecule has 4 N–H and O–H groups in total. The number of aromatic nitrogens is 1. The fraction of sp³-hybridized carbons (Fsp3) is 0.133. The number of carbonyl (C=O) groups is 2. The molecule has 0 bridgehead atoms. The molecule has 2 amide bonds. The Labute approximate surface area is 141 Å². The lowest BCUT2D eigenvalue weighted by atomic mass is 10.2. The summed E-state index contributed by atoms with van der Waals surface area (Å²) in [5, 5.41) is 13.5. The van der Waals surface area contributed by atoms with E-state index < -0.39 is 33.5 Å². The topological polar surface area (TPSA) is 146 Å². The van der Waals surface area contributed by atoms with E-state index >= 15 is 0 Å². The van der Waals surface area contributed by atoms with E-state index in [4.69, 9.17) is 0 Å². The van der Waals surface area contributed by atoms with Gasteiger partial charge in [0.05, 0.1) is 17.7 Å². The molecule has 0 saturated carbocycles. The van der Waals surface area contributed by atoms with Crippen LogP contribution in [0, 0.1) is 17.0 Å². The average molecular weight is 345 g/mol. The molecule has 1 heterocycles. The third-order valence-electron chi connectivity index (χ3n) is 3.16. The lowest BCUT2D eigenvalue weighted by Gasteiger charge is -2.09. The smallest absolute Gasteiger partial charge is 0.286 e. The van der Waals surface area contributed by atoms with Gasteiger partial charge in [-0.25, -0.2) is 0 Å². The van der Waals surface area contributed by atoms with Crippen LogP contribution in [0.1, 0.15) is 15.9 Å². The first-order valence-electron chi connectivity index (χ1n) is 7.13. The molecule has 0 unspecified atom stereocenters. The summed E-state index contributed by atoms with van der Waals surface area (Å²) in [6.07, 6.45) is 0.878. The van der Waals surface area contributed by atoms with Crippen molar-refractivity contribution in [1.82, 2.24) is 15.8 Å². The highest BCUT2D eigenvalue weighted by Crippen LogP contribution is 2.08. The van der Waals surface area contributed by atoms with E-state index in [0.717, 1.165) is 23.5 Å². The zero-order valence-electron chi connectivity index (χ0n) is 13.2. The molecule has 0 atom stereocenters. The first-order valence-corrected chi connectivity index (χ1v) is 7.13. The third kappa shape index (κ3) is 4.89. The van der Waals surface area contributed by atoms with Crippen molar-refractivity contribution in [2.45, 2.75) is 6.92 Å². The molecule has 0 aliphatic heterocycles. The normalized spacial score (nSPS) is 9.96. The van der Waals surface area contributed by atoms with Gasteiger partial charge in [0, 0.05) is 11.8 Å². The summed E-state index contributed by atoms with van der Waals surface area (Å²) in [7, 11) is 0. The van der Waals surface area contributed by atoms with E-state index in [1.165, 1.54) is 0 Å². The second-order valence-corrected chi connectivity index (χ2v) is 5.08. The number of nitrogens with one attached hydrogen (secondary N) is 4. The van der Waals surface area contributed by atoms with Crippen LogP contribution in [0.4, 0.5) is 11.4 Å². The van der Waals surface area contributed by atoms with Crippen LogP contribution in [0.5, 0.6) is 0 Å². The molecule has 0 fully saturated rings. The third-order valence-corrected chi connectivity index (χ3v) is 3.16. The number of hydrogen-bond acceptors (Lipinski definition) is 6. The summed E-state index contributed by atoms with van der Waals surface area (Å²) < 4.78 is 0. The van der Waals surface area contributed by atoms with Crippen LogP contribution in [0.2, 0.25) is 0 Å². The largest absolute Gasteiger partial charge is 0.376 e. The van der Waals surface area contributed by atoms with Crippen molar-refractivity contribution in [3.8, 4) is 0 Å². The molecule has 0 aliphatic rings. The minimum Gasteiger partial charge on any atom is -0.376 e. The van der Waals surface area contributed by atoms with Crippen LogP contribution in [-0.2, 0) is 4.79 Å². The second-order valence-electron chi connectivity index (χ2n) is 5.08. The molecule has 10 heteroatoms. The van der Waals surface area contributed by atoms with Crippen LogP contribution in [0.15, 0.2) is 41.3 Å². The van der Waals surface area contributed by atoms with Crippen LogP contribution in [-0.4, -0.2) is 28.3 Å². The number of pyridine rings is 1. The molecule has 0 saturated heterocycles. The summed E-state index contributed by atoms with van der Waals surface area (Å²) in [4.78, 5) is 47.1. The number of hydrazine groups is 1. The fourth-order valence-corrected chi connectivity index (χ4v) is 1.84. The van der Waals surface area contributed by atoms with Crippen LogP contribution in [0.25, 0.3) is 0 Å². The minimum atomic E-state index is -0.964. The minimum absolute atomic E-state index is 0.116. The van der Waals surface area contributed by atoms with E-state index in [2.05, 4.69) is 15.7 Å². The number of hydrogen-bond donors (Lipinski definition) is 4. The lowest BCUT2D eigenvalue weighted by Crippen LogP contribution is -2.45. The summed E-state index contributed by atoms with van der Waals surface area (Å²) in [5.41, 5.74) is 4.20. The van der Waals surface area contributed by atoms with E-state index in [1.807, 2.05) is 24.5 Å². The van der Waals surface area contributed by atoms with Crippen molar-refractivity contribution in [2.75, 3.05) is 11.9 Å². The van der Waals surface area contributed by atoms with Crippen LogP contribution < -0.4 is 21.7 Å². The average Bonchev–Trinajstić information content (AvgIpc) is 2.59. The maximum atomic E-state index is 11.9. The number of aromatic amines is 1. The van der Waals surface area contributed by atoms with Crippen molar-refractivity contribution < 1.29 is 14.5 Å². The molecule has 130 valence electrons. The Morgan fingerprint density at radius 3 is 2.52 bits per heavy atom. The Hall–Kier alpha value is -3.69. The summed E-state index contributed by atoms with van der Waals surface area (Å²) >= 11 is 0. The van der Waals surface area contributed by atoms with Crippen LogP contribution >= 0.6 is 0 Å². The van der Waals surface area contributed by atoms with E-state index in [0.29, 0.717) is 0 Å². The molecule has 2 aromatic rings. The summed E-state index contributed by atoms with van der Waals surface area (Å²) in [5.74, 6) is -1.52. The van der Waals surface area contributed by atoms with Crippen molar-refractivity contribution in [3.05, 3.63) is 68.1 Å². The molecule has 0 aliphatic carbocycles. The molecule has 2 rings (SSSR count). The van der Waals surface area contributed by atoms with Crippen LogP contribution in [0.3, 0.4) is 0 Å². The zero-order valence-corrected chi connectivity index (χ0v) is 13.2. The van der Waals surface area contributed by atoms with Gasteiger partial charge in [-0.1, -0.05) is 17.7 Å². The lowest BCUT2D eigenvalue weighted by molar-refractivity contribution is -0.385. The number of benzene rings is 1. The highest BCUT2D eigenvalue weighted by atomic mass is 16.6. The number of nitro groups is 1. The van der Waals surface area contributed by atoms with Gasteiger partial charge in [0.25, 0.3) is 23.1 Å². The molecule has 25 heavy (non-hydrogen) atoms. The maximum absolute atomic E-state index is 11.9. The number of H-pyrrole nitrogens is 1. The van der Waals surface area contributed by atoms with E-state index in [9.17, 15) is 24.5 Å².